The maximum atomic E-state index is 9.14. The third kappa shape index (κ3) is 3.12. The minimum atomic E-state index is -0.0397. The normalized spacial score (nSPS) is 10.9. The van der Waals surface area contributed by atoms with Gasteiger partial charge in [-0.1, -0.05) is 50.6 Å². The van der Waals surface area contributed by atoms with Crippen molar-refractivity contribution < 1.29 is 4.74 Å². The van der Waals surface area contributed by atoms with Crippen molar-refractivity contribution in [2.75, 3.05) is 0 Å². The molecule has 0 amide bonds. The molecule has 0 bridgehead atoms. The zero-order valence-corrected chi connectivity index (χ0v) is 12.5. The zero-order chi connectivity index (χ0) is 14.8. The Kier molecular flexibility index (Phi) is 4.01. The van der Waals surface area contributed by atoms with E-state index < -0.39 is 0 Å². The number of halogens is 1. The lowest BCUT2D eigenvalue weighted by atomic mass is 9.86. The van der Waals surface area contributed by atoms with Gasteiger partial charge in [0.25, 0.3) is 0 Å². The van der Waals surface area contributed by atoms with Gasteiger partial charge in [-0.3, -0.25) is 0 Å². The molecule has 0 saturated heterocycles. The Morgan fingerprint density at radius 3 is 2.40 bits per heavy atom. The molecule has 0 unspecified atom stereocenters. The van der Waals surface area contributed by atoms with E-state index in [-0.39, 0.29) is 5.41 Å². The maximum Gasteiger partial charge on any atom is 0.146 e. The molecule has 2 aromatic rings. The second kappa shape index (κ2) is 5.56. The lowest BCUT2D eigenvalue weighted by Crippen LogP contribution is -2.12. The van der Waals surface area contributed by atoms with Crippen LogP contribution in [-0.2, 0) is 5.41 Å². The third-order valence-corrected chi connectivity index (χ3v) is 3.21. The fraction of sp³-hybridized carbons (Fsp3) is 0.235. The number of benzene rings is 2. The van der Waals surface area contributed by atoms with Crippen molar-refractivity contribution in [2.45, 2.75) is 26.2 Å². The molecule has 20 heavy (non-hydrogen) atoms. The van der Waals surface area contributed by atoms with Gasteiger partial charge in [0.1, 0.15) is 17.6 Å². The van der Waals surface area contributed by atoms with Crippen LogP contribution in [0.5, 0.6) is 11.5 Å². The largest absolute Gasteiger partial charge is 0.456 e. The number of hydrogen-bond acceptors (Lipinski definition) is 2. The minimum absolute atomic E-state index is 0.0397. The SMILES string of the molecule is CC(C)(C)c1ccccc1Oc1cc(Cl)ccc1C#N. The molecule has 0 N–H and O–H groups in total. The lowest BCUT2D eigenvalue weighted by Gasteiger charge is -2.22. The summed E-state index contributed by atoms with van der Waals surface area (Å²) in [5.74, 6) is 1.23. The van der Waals surface area contributed by atoms with Crippen LogP contribution in [0.3, 0.4) is 0 Å². The van der Waals surface area contributed by atoms with E-state index in [0.29, 0.717) is 16.3 Å². The highest BCUT2D eigenvalue weighted by atomic mass is 35.5. The molecule has 0 aliphatic heterocycles. The van der Waals surface area contributed by atoms with E-state index in [0.717, 1.165) is 11.3 Å². The van der Waals surface area contributed by atoms with Crippen LogP contribution in [0.25, 0.3) is 0 Å². The Labute approximate surface area is 124 Å². The van der Waals surface area contributed by atoms with Crippen molar-refractivity contribution in [1.82, 2.24) is 0 Å². The Bertz CT molecular complexity index is 665. The number of ether oxygens (including phenoxy) is 1. The molecule has 0 aliphatic carbocycles. The average Bonchev–Trinajstić information content (AvgIpc) is 2.38. The minimum Gasteiger partial charge on any atom is -0.456 e. The van der Waals surface area contributed by atoms with E-state index in [4.69, 9.17) is 21.6 Å². The van der Waals surface area contributed by atoms with Gasteiger partial charge in [-0.25, -0.2) is 0 Å². The van der Waals surface area contributed by atoms with Crippen LogP contribution in [0.15, 0.2) is 42.5 Å². The lowest BCUT2D eigenvalue weighted by molar-refractivity contribution is 0.454. The highest BCUT2D eigenvalue weighted by Crippen LogP contribution is 2.35. The van der Waals surface area contributed by atoms with E-state index in [2.05, 4.69) is 26.8 Å². The highest BCUT2D eigenvalue weighted by Gasteiger charge is 2.19. The molecule has 0 atom stereocenters. The quantitative estimate of drug-likeness (QED) is 0.750. The number of hydrogen-bond donors (Lipinski definition) is 0. The molecule has 0 aromatic heterocycles. The molecule has 0 radical (unpaired) electrons. The van der Waals surface area contributed by atoms with Crippen molar-refractivity contribution in [1.29, 1.82) is 5.26 Å². The smallest absolute Gasteiger partial charge is 0.146 e. The molecule has 3 heteroatoms. The number of rotatable bonds is 2. The van der Waals surface area contributed by atoms with E-state index >= 15 is 0 Å². The molecule has 0 fully saturated rings. The van der Waals surface area contributed by atoms with Gasteiger partial charge in [0.15, 0.2) is 0 Å². The van der Waals surface area contributed by atoms with E-state index in [1.165, 1.54) is 0 Å². The van der Waals surface area contributed by atoms with Gasteiger partial charge in [-0.2, -0.15) is 5.26 Å². The fourth-order valence-corrected chi connectivity index (χ4v) is 2.13. The second-order valence-electron chi connectivity index (χ2n) is 5.60. The van der Waals surface area contributed by atoms with Gasteiger partial charge in [-0.15, -0.1) is 0 Å². The first kappa shape index (κ1) is 14.4. The standard InChI is InChI=1S/C17H16ClNO/c1-17(2,3)14-6-4-5-7-15(14)20-16-10-13(18)9-8-12(16)11-19/h4-10H,1-3H3. The summed E-state index contributed by atoms with van der Waals surface area (Å²) in [7, 11) is 0. The highest BCUT2D eigenvalue weighted by molar-refractivity contribution is 6.30. The second-order valence-corrected chi connectivity index (χ2v) is 6.04. The summed E-state index contributed by atoms with van der Waals surface area (Å²) in [4.78, 5) is 0. The summed E-state index contributed by atoms with van der Waals surface area (Å²) < 4.78 is 5.93. The fourth-order valence-electron chi connectivity index (χ4n) is 1.97. The van der Waals surface area contributed by atoms with Gasteiger partial charge in [0.2, 0.25) is 0 Å². The van der Waals surface area contributed by atoms with E-state index in [9.17, 15) is 0 Å². The monoisotopic (exact) mass is 285 g/mol. The molecule has 2 rings (SSSR count). The van der Waals surface area contributed by atoms with Gasteiger partial charge in [-0.05, 0) is 23.6 Å². The van der Waals surface area contributed by atoms with Crippen molar-refractivity contribution in [3.63, 3.8) is 0 Å². The van der Waals surface area contributed by atoms with Crippen LogP contribution in [0.4, 0.5) is 0 Å². The summed E-state index contributed by atoms with van der Waals surface area (Å²) in [6.45, 7) is 6.37. The van der Waals surface area contributed by atoms with Crippen LogP contribution in [0, 0.1) is 11.3 Å². The van der Waals surface area contributed by atoms with Crippen LogP contribution < -0.4 is 4.74 Å². The Hall–Kier alpha value is -1.98. The summed E-state index contributed by atoms with van der Waals surface area (Å²) in [5.41, 5.74) is 1.52. The van der Waals surface area contributed by atoms with Crippen molar-refractivity contribution in [3.8, 4) is 17.6 Å². The maximum absolute atomic E-state index is 9.14. The molecule has 0 aliphatic rings. The molecule has 2 aromatic carbocycles. The first-order valence-electron chi connectivity index (χ1n) is 6.39. The predicted molar refractivity (Wildman–Crippen MR) is 81.4 cm³/mol. The molecule has 102 valence electrons. The Morgan fingerprint density at radius 2 is 1.75 bits per heavy atom. The van der Waals surface area contributed by atoms with Gasteiger partial charge < -0.3 is 4.74 Å². The van der Waals surface area contributed by atoms with E-state index in [1.54, 1.807) is 18.2 Å². The number of para-hydroxylation sites is 1. The van der Waals surface area contributed by atoms with Crippen molar-refractivity contribution in [3.05, 3.63) is 58.6 Å². The molecule has 2 nitrogen and oxygen atoms in total. The van der Waals surface area contributed by atoms with Gasteiger partial charge in [0.05, 0.1) is 5.56 Å². The Morgan fingerprint density at radius 1 is 1.05 bits per heavy atom. The van der Waals surface area contributed by atoms with Crippen LogP contribution in [0.2, 0.25) is 5.02 Å². The summed E-state index contributed by atoms with van der Waals surface area (Å²) >= 11 is 5.98. The number of nitrogens with zero attached hydrogens (tertiary/aromatic N) is 1. The van der Waals surface area contributed by atoms with Crippen molar-refractivity contribution in [2.24, 2.45) is 0 Å². The molecule has 0 spiro atoms. The topological polar surface area (TPSA) is 33.0 Å². The Balaban J connectivity index is 2.46. The summed E-state index contributed by atoms with van der Waals surface area (Å²) in [6.07, 6.45) is 0. The van der Waals surface area contributed by atoms with Gasteiger partial charge >= 0.3 is 0 Å². The molecule has 0 saturated carbocycles. The third-order valence-electron chi connectivity index (χ3n) is 2.98. The van der Waals surface area contributed by atoms with Crippen molar-refractivity contribution >= 4 is 11.6 Å². The van der Waals surface area contributed by atoms with Crippen LogP contribution in [0.1, 0.15) is 31.9 Å². The zero-order valence-electron chi connectivity index (χ0n) is 11.8. The van der Waals surface area contributed by atoms with Crippen LogP contribution in [-0.4, -0.2) is 0 Å². The number of nitriles is 1. The van der Waals surface area contributed by atoms with Crippen LogP contribution >= 0.6 is 11.6 Å². The molecule has 0 heterocycles. The van der Waals surface area contributed by atoms with E-state index in [1.807, 2.05) is 24.3 Å². The molecular formula is C17H16ClNO. The predicted octanol–water partition coefficient (Wildman–Crippen LogP) is 5.30. The average molecular weight is 286 g/mol. The first-order valence-corrected chi connectivity index (χ1v) is 6.76. The van der Waals surface area contributed by atoms with Gasteiger partial charge in [0, 0.05) is 16.7 Å². The molecular weight excluding hydrogens is 270 g/mol. The summed E-state index contributed by atoms with van der Waals surface area (Å²) in [6, 6.07) is 15.0. The summed E-state index contributed by atoms with van der Waals surface area (Å²) in [5, 5.41) is 9.69. The first-order chi connectivity index (χ1) is 9.41.